The summed E-state index contributed by atoms with van der Waals surface area (Å²) < 4.78 is 5.25. The van der Waals surface area contributed by atoms with Crippen molar-refractivity contribution in [1.82, 2.24) is 0 Å². The van der Waals surface area contributed by atoms with E-state index in [4.69, 9.17) is 4.74 Å². The van der Waals surface area contributed by atoms with E-state index in [1.54, 1.807) is 6.26 Å². The van der Waals surface area contributed by atoms with Crippen molar-refractivity contribution in [2.45, 2.75) is 38.5 Å². The van der Waals surface area contributed by atoms with Crippen molar-refractivity contribution in [2.24, 2.45) is 17.8 Å². The Morgan fingerprint density at radius 1 is 1.20 bits per heavy atom. The van der Waals surface area contributed by atoms with Gasteiger partial charge in [-0.15, -0.1) is 0 Å². The Bertz CT molecular complexity index is 294. The van der Waals surface area contributed by atoms with Crippen LogP contribution in [0.2, 0.25) is 0 Å². The van der Waals surface area contributed by atoms with E-state index in [0.717, 1.165) is 36.9 Å². The van der Waals surface area contributed by atoms with Crippen molar-refractivity contribution in [3.05, 3.63) is 11.8 Å². The maximum atomic E-state index is 12.2. The van der Waals surface area contributed by atoms with Gasteiger partial charge in [0, 0.05) is 11.5 Å². The average Bonchev–Trinajstić information content (AvgIpc) is 3.03. The van der Waals surface area contributed by atoms with Gasteiger partial charge in [0.1, 0.15) is 0 Å². The molecule has 0 aromatic carbocycles. The molecule has 2 fully saturated rings. The lowest BCUT2D eigenvalue weighted by Crippen LogP contribution is -2.12. The molecule has 1 aliphatic heterocycles. The summed E-state index contributed by atoms with van der Waals surface area (Å²) in [5.74, 6) is 2.25. The first-order valence-electron chi connectivity index (χ1n) is 6.23. The molecule has 0 bridgehead atoms. The minimum Gasteiger partial charge on any atom is -0.501 e. The first-order chi connectivity index (χ1) is 7.38. The second-order valence-corrected chi connectivity index (χ2v) is 5.12. The number of rotatable bonds is 2. The van der Waals surface area contributed by atoms with E-state index in [9.17, 15) is 4.79 Å². The highest BCUT2D eigenvalue weighted by Crippen LogP contribution is 2.56. The lowest BCUT2D eigenvalue weighted by atomic mass is 10.0. The molecule has 1 heterocycles. The molecule has 0 N–H and O–H groups in total. The first kappa shape index (κ1) is 9.44. The van der Waals surface area contributed by atoms with Crippen molar-refractivity contribution in [3.63, 3.8) is 0 Å². The molecule has 3 rings (SSSR count). The Morgan fingerprint density at radius 3 is 2.53 bits per heavy atom. The van der Waals surface area contributed by atoms with E-state index in [1.165, 1.54) is 25.7 Å². The third-order valence-corrected chi connectivity index (χ3v) is 4.21. The zero-order chi connectivity index (χ0) is 10.3. The van der Waals surface area contributed by atoms with Crippen LogP contribution in [-0.2, 0) is 9.53 Å². The van der Waals surface area contributed by atoms with Gasteiger partial charge in [-0.05, 0) is 37.5 Å². The zero-order valence-corrected chi connectivity index (χ0v) is 9.08. The average molecular weight is 206 g/mol. The van der Waals surface area contributed by atoms with E-state index >= 15 is 0 Å². The van der Waals surface area contributed by atoms with Crippen molar-refractivity contribution in [1.29, 1.82) is 0 Å². The predicted molar refractivity (Wildman–Crippen MR) is 57.2 cm³/mol. The predicted octanol–water partition coefficient (Wildman–Crippen LogP) is 2.69. The minimum atomic E-state index is 0.375. The van der Waals surface area contributed by atoms with Crippen molar-refractivity contribution in [3.8, 4) is 0 Å². The highest BCUT2D eigenvalue weighted by Gasteiger charge is 2.54. The van der Waals surface area contributed by atoms with Gasteiger partial charge in [-0.2, -0.15) is 0 Å². The molecule has 82 valence electrons. The molecule has 0 spiro atoms. The van der Waals surface area contributed by atoms with Crippen LogP contribution < -0.4 is 0 Å². The van der Waals surface area contributed by atoms with E-state index in [1.807, 2.05) is 0 Å². The third kappa shape index (κ3) is 1.60. The number of hydrogen-bond donors (Lipinski definition) is 0. The molecule has 2 saturated carbocycles. The largest absolute Gasteiger partial charge is 0.501 e. The lowest BCUT2D eigenvalue weighted by molar-refractivity contribution is -0.117. The fraction of sp³-hybridized carbons (Fsp3) is 0.769. The smallest absolute Gasteiger partial charge is 0.165 e. The van der Waals surface area contributed by atoms with Crippen LogP contribution in [-0.4, -0.2) is 12.4 Å². The molecule has 3 aliphatic rings. The molecule has 0 radical (unpaired) electrons. The monoisotopic (exact) mass is 206 g/mol. The van der Waals surface area contributed by atoms with E-state index in [0.29, 0.717) is 11.7 Å². The van der Waals surface area contributed by atoms with E-state index in [-0.39, 0.29) is 0 Å². The van der Waals surface area contributed by atoms with Gasteiger partial charge in [0.15, 0.2) is 5.78 Å². The van der Waals surface area contributed by atoms with Crippen LogP contribution in [0.25, 0.3) is 0 Å². The molecule has 0 amide bonds. The number of carbonyl (C=O) groups excluding carboxylic acids is 1. The van der Waals surface area contributed by atoms with Gasteiger partial charge in [0.2, 0.25) is 0 Å². The number of ether oxygens (including phenoxy) is 1. The fourth-order valence-electron chi connectivity index (χ4n) is 3.34. The molecule has 2 unspecified atom stereocenters. The van der Waals surface area contributed by atoms with Crippen LogP contribution in [0.1, 0.15) is 38.5 Å². The Morgan fingerprint density at radius 2 is 1.93 bits per heavy atom. The van der Waals surface area contributed by atoms with Gasteiger partial charge in [0.05, 0.1) is 12.9 Å². The van der Waals surface area contributed by atoms with Crippen LogP contribution in [0.5, 0.6) is 0 Å². The molecule has 2 atom stereocenters. The highest BCUT2D eigenvalue weighted by atomic mass is 16.5. The number of carbonyl (C=O) groups is 1. The normalized spacial score (nSPS) is 38.7. The summed E-state index contributed by atoms with van der Waals surface area (Å²) in [5, 5.41) is 0. The summed E-state index contributed by atoms with van der Waals surface area (Å²) in [7, 11) is 0. The van der Waals surface area contributed by atoms with Gasteiger partial charge in [-0.1, -0.05) is 12.8 Å². The molecular weight excluding hydrogens is 188 g/mol. The van der Waals surface area contributed by atoms with Crippen LogP contribution in [0.4, 0.5) is 0 Å². The Kier molecular flexibility index (Phi) is 2.30. The summed E-state index contributed by atoms with van der Waals surface area (Å²) in [6.45, 7) is 0.786. The van der Waals surface area contributed by atoms with Crippen LogP contribution in [0.15, 0.2) is 11.8 Å². The number of hydrogen-bond acceptors (Lipinski definition) is 2. The summed E-state index contributed by atoms with van der Waals surface area (Å²) in [6, 6.07) is 0. The number of Topliss-reactive ketones (excluding diaryl/α,β-unsaturated/α-hetero) is 1. The molecule has 0 saturated heterocycles. The van der Waals surface area contributed by atoms with Gasteiger partial charge in [-0.3, -0.25) is 4.79 Å². The molecule has 0 aromatic heterocycles. The second-order valence-electron chi connectivity index (χ2n) is 5.12. The maximum Gasteiger partial charge on any atom is 0.165 e. The summed E-state index contributed by atoms with van der Waals surface area (Å²) in [6.07, 6.45) is 8.91. The van der Waals surface area contributed by atoms with Crippen molar-refractivity contribution < 1.29 is 9.53 Å². The first-order valence-corrected chi connectivity index (χ1v) is 6.23. The minimum absolute atomic E-state index is 0.375. The second kappa shape index (κ2) is 3.66. The third-order valence-electron chi connectivity index (χ3n) is 4.21. The molecular formula is C13H18O2. The number of ketones is 1. The quantitative estimate of drug-likeness (QED) is 0.694. The van der Waals surface area contributed by atoms with Gasteiger partial charge >= 0.3 is 0 Å². The number of fused-ring (bicyclic) bond motifs is 1. The number of allylic oxidation sites excluding steroid dienone is 1. The topological polar surface area (TPSA) is 26.3 Å². The van der Waals surface area contributed by atoms with Crippen LogP contribution in [0.3, 0.4) is 0 Å². The Balaban J connectivity index is 1.68. The van der Waals surface area contributed by atoms with E-state index < -0.39 is 0 Å². The van der Waals surface area contributed by atoms with Gasteiger partial charge in [-0.25, -0.2) is 0 Å². The summed E-state index contributed by atoms with van der Waals surface area (Å²) in [5.41, 5.74) is 0.959. The lowest BCUT2D eigenvalue weighted by Gasteiger charge is -2.12. The summed E-state index contributed by atoms with van der Waals surface area (Å²) >= 11 is 0. The molecule has 2 nitrogen and oxygen atoms in total. The van der Waals surface area contributed by atoms with Gasteiger partial charge in [0.25, 0.3) is 0 Å². The molecule has 0 aromatic rings. The van der Waals surface area contributed by atoms with Crippen LogP contribution in [0, 0.1) is 17.8 Å². The van der Waals surface area contributed by atoms with Crippen molar-refractivity contribution >= 4 is 5.78 Å². The van der Waals surface area contributed by atoms with Crippen LogP contribution >= 0.6 is 0 Å². The maximum absolute atomic E-state index is 12.2. The Labute approximate surface area is 90.7 Å². The summed E-state index contributed by atoms with van der Waals surface area (Å²) in [4.78, 5) is 12.2. The zero-order valence-electron chi connectivity index (χ0n) is 9.08. The molecule has 2 heteroatoms. The van der Waals surface area contributed by atoms with Crippen molar-refractivity contribution in [2.75, 3.05) is 6.61 Å². The fourth-order valence-corrected chi connectivity index (χ4v) is 3.34. The Hall–Kier alpha value is -0.790. The molecule has 2 aliphatic carbocycles. The SMILES string of the molecule is O=C(C1=COCCC1)C1C2CCCCC21. The van der Waals surface area contributed by atoms with Gasteiger partial charge < -0.3 is 4.74 Å². The molecule has 15 heavy (non-hydrogen) atoms. The van der Waals surface area contributed by atoms with E-state index in [2.05, 4.69) is 0 Å². The highest BCUT2D eigenvalue weighted by molar-refractivity contribution is 5.99. The standard InChI is InChI=1S/C13H18O2/c14-13(9-4-3-7-15-8-9)12-10-5-1-2-6-11(10)12/h8,10-12H,1-7H2.